The molecule has 0 radical (unpaired) electrons. The smallest absolute Gasteiger partial charge is 0.0905 e. The van der Waals surface area contributed by atoms with E-state index in [4.69, 9.17) is 0 Å². The molecule has 3 rings (SSSR count). The lowest BCUT2D eigenvalue weighted by atomic mass is 10.0. The normalized spacial score (nSPS) is 14.7. The minimum Gasteiger partial charge on any atom is -0.352 e. The molecule has 1 aliphatic rings. The van der Waals surface area contributed by atoms with Crippen molar-refractivity contribution in [2.75, 3.05) is 29.6 Å². The molecule has 0 bridgehead atoms. The Hall–Kier alpha value is -1.48. The fourth-order valence-electron chi connectivity index (χ4n) is 3.93. The third kappa shape index (κ3) is 3.12. The van der Waals surface area contributed by atoms with Gasteiger partial charge in [-0.1, -0.05) is 23.8 Å². The Bertz CT molecular complexity index is 642. The van der Waals surface area contributed by atoms with Gasteiger partial charge in [0.05, 0.1) is 12.4 Å². The van der Waals surface area contributed by atoms with Gasteiger partial charge in [-0.2, -0.15) is 0 Å². The molecule has 1 heterocycles. The number of nitrogens with zero attached hydrogens (tertiary/aromatic N) is 2. The Balaban J connectivity index is 1.91. The summed E-state index contributed by atoms with van der Waals surface area (Å²) in [5.41, 5.74) is 9.49. The molecule has 1 fully saturated rings. The molecule has 0 spiro atoms. The predicted octanol–water partition coefficient (Wildman–Crippen LogP) is 5.28. The van der Waals surface area contributed by atoms with Crippen molar-refractivity contribution in [2.45, 2.75) is 34.6 Å². The third-order valence-electron chi connectivity index (χ3n) is 4.65. The number of aryl methyl sites for hydroxylation is 5. The maximum absolute atomic E-state index is 3.76. The predicted molar refractivity (Wildman–Crippen MR) is 104 cm³/mol. The average Bonchev–Trinajstić information content (AvgIpc) is 2.85. The summed E-state index contributed by atoms with van der Waals surface area (Å²) < 4.78 is 1.20. The van der Waals surface area contributed by atoms with Crippen LogP contribution < -0.4 is 9.80 Å². The number of rotatable bonds is 2. The summed E-state index contributed by atoms with van der Waals surface area (Å²) in [6.45, 7) is 14.1. The van der Waals surface area contributed by atoms with Crippen molar-refractivity contribution < 1.29 is 0 Å². The second kappa shape index (κ2) is 6.20. The molecule has 0 aliphatic carbocycles. The summed E-state index contributed by atoms with van der Waals surface area (Å²) in [5, 5.41) is 0. The van der Waals surface area contributed by atoms with Crippen LogP contribution in [-0.4, -0.2) is 19.8 Å². The van der Waals surface area contributed by atoms with Gasteiger partial charge in [0.15, 0.2) is 0 Å². The number of benzene rings is 2. The van der Waals surface area contributed by atoms with E-state index >= 15 is 0 Å². The molecular weight excluding hydrogens is 348 g/mol. The fraction of sp³-hybridized carbons (Fsp3) is 0.400. The highest BCUT2D eigenvalue weighted by atomic mass is 79.9. The van der Waals surface area contributed by atoms with Crippen molar-refractivity contribution in [1.82, 2.24) is 0 Å². The molecule has 0 atom stereocenters. The zero-order valence-electron chi connectivity index (χ0n) is 14.7. The van der Waals surface area contributed by atoms with Gasteiger partial charge in [-0.15, -0.1) is 0 Å². The monoisotopic (exact) mass is 372 g/mol. The Kier molecular flexibility index (Phi) is 4.41. The highest BCUT2D eigenvalue weighted by Gasteiger charge is 2.25. The first kappa shape index (κ1) is 16.4. The van der Waals surface area contributed by atoms with Gasteiger partial charge in [-0.25, -0.2) is 0 Å². The molecule has 0 saturated carbocycles. The number of hydrogen-bond acceptors (Lipinski definition) is 2. The minimum absolute atomic E-state index is 0.952. The molecule has 0 unspecified atom stereocenters. The van der Waals surface area contributed by atoms with Crippen molar-refractivity contribution in [3.05, 3.63) is 56.6 Å². The Morgan fingerprint density at radius 2 is 1.13 bits per heavy atom. The molecule has 2 aromatic carbocycles. The second-order valence-electron chi connectivity index (χ2n) is 6.83. The van der Waals surface area contributed by atoms with Gasteiger partial charge in [0.25, 0.3) is 0 Å². The maximum Gasteiger partial charge on any atom is 0.0905 e. The molecule has 1 aliphatic heterocycles. The average molecular weight is 373 g/mol. The lowest BCUT2D eigenvalue weighted by Crippen LogP contribution is -2.26. The minimum atomic E-state index is 0.952. The fourth-order valence-corrected chi connectivity index (χ4v) is 4.86. The van der Waals surface area contributed by atoms with Crippen molar-refractivity contribution in [3.63, 3.8) is 0 Å². The van der Waals surface area contributed by atoms with E-state index in [-0.39, 0.29) is 0 Å². The van der Waals surface area contributed by atoms with E-state index in [0.29, 0.717) is 0 Å². The van der Waals surface area contributed by atoms with Crippen molar-refractivity contribution in [1.29, 1.82) is 0 Å². The summed E-state index contributed by atoms with van der Waals surface area (Å²) in [4.78, 5) is 4.99. The summed E-state index contributed by atoms with van der Waals surface area (Å²) >= 11 is 3.76. The SMILES string of the molecule is Cc1cc(C)c(N2CCN(c3c(C)cc(C)cc3Br)C2)c(C)c1. The van der Waals surface area contributed by atoms with Crippen LogP contribution in [0.25, 0.3) is 0 Å². The van der Waals surface area contributed by atoms with Crippen LogP contribution in [0.3, 0.4) is 0 Å². The van der Waals surface area contributed by atoms with E-state index in [1.54, 1.807) is 0 Å². The maximum atomic E-state index is 3.76. The molecule has 1 saturated heterocycles. The molecule has 2 nitrogen and oxygen atoms in total. The third-order valence-corrected chi connectivity index (χ3v) is 5.25. The van der Waals surface area contributed by atoms with Crippen LogP contribution in [0, 0.1) is 34.6 Å². The topological polar surface area (TPSA) is 6.48 Å². The highest BCUT2D eigenvalue weighted by Crippen LogP contribution is 2.35. The van der Waals surface area contributed by atoms with E-state index in [0.717, 1.165) is 19.8 Å². The molecule has 0 amide bonds. The zero-order chi connectivity index (χ0) is 16.7. The summed E-state index contributed by atoms with van der Waals surface area (Å²) in [6, 6.07) is 9.06. The molecule has 0 aromatic heterocycles. The van der Waals surface area contributed by atoms with Gasteiger partial charge < -0.3 is 9.80 Å². The Morgan fingerprint density at radius 1 is 0.696 bits per heavy atom. The first-order valence-corrected chi connectivity index (χ1v) is 9.00. The number of halogens is 1. The van der Waals surface area contributed by atoms with Gasteiger partial charge in [0.1, 0.15) is 0 Å². The number of anilines is 2. The Morgan fingerprint density at radius 3 is 1.65 bits per heavy atom. The molecular formula is C20H25BrN2. The summed E-state index contributed by atoms with van der Waals surface area (Å²) in [5.74, 6) is 0. The first-order valence-electron chi connectivity index (χ1n) is 8.21. The van der Waals surface area contributed by atoms with Crippen molar-refractivity contribution in [3.8, 4) is 0 Å². The van der Waals surface area contributed by atoms with Gasteiger partial charge in [0.2, 0.25) is 0 Å². The van der Waals surface area contributed by atoms with Crippen LogP contribution in [0.15, 0.2) is 28.7 Å². The van der Waals surface area contributed by atoms with Crippen LogP contribution in [0.1, 0.15) is 27.8 Å². The van der Waals surface area contributed by atoms with E-state index in [2.05, 4.69) is 84.6 Å². The van der Waals surface area contributed by atoms with Crippen LogP contribution in [0.2, 0.25) is 0 Å². The second-order valence-corrected chi connectivity index (χ2v) is 7.68. The summed E-state index contributed by atoms with van der Waals surface area (Å²) in [7, 11) is 0. The van der Waals surface area contributed by atoms with Crippen LogP contribution >= 0.6 is 15.9 Å². The van der Waals surface area contributed by atoms with Crippen LogP contribution in [-0.2, 0) is 0 Å². The molecule has 23 heavy (non-hydrogen) atoms. The lowest BCUT2D eigenvalue weighted by Gasteiger charge is -2.26. The molecule has 3 heteroatoms. The lowest BCUT2D eigenvalue weighted by molar-refractivity contribution is 0.932. The standard InChI is InChI=1S/C20H25BrN2/c1-13-8-15(3)19(16(4)9-13)22-6-7-23(12-22)20-17(5)10-14(2)11-18(20)21/h8-11H,6-7,12H2,1-5H3. The van der Waals surface area contributed by atoms with Crippen molar-refractivity contribution in [2.24, 2.45) is 0 Å². The largest absolute Gasteiger partial charge is 0.352 e. The number of hydrogen-bond donors (Lipinski definition) is 0. The molecule has 2 aromatic rings. The Labute approximate surface area is 148 Å². The van der Waals surface area contributed by atoms with Gasteiger partial charge in [0, 0.05) is 23.2 Å². The quantitative estimate of drug-likeness (QED) is 0.707. The van der Waals surface area contributed by atoms with Gasteiger partial charge >= 0.3 is 0 Å². The van der Waals surface area contributed by atoms with Crippen molar-refractivity contribution >= 4 is 27.3 Å². The highest BCUT2D eigenvalue weighted by molar-refractivity contribution is 9.10. The summed E-state index contributed by atoms with van der Waals surface area (Å²) in [6.07, 6.45) is 0. The van der Waals surface area contributed by atoms with E-state index < -0.39 is 0 Å². The van der Waals surface area contributed by atoms with Crippen LogP contribution in [0.4, 0.5) is 11.4 Å². The zero-order valence-corrected chi connectivity index (χ0v) is 16.3. The van der Waals surface area contributed by atoms with E-state index in [9.17, 15) is 0 Å². The van der Waals surface area contributed by atoms with Gasteiger partial charge in [-0.05, 0) is 78.9 Å². The molecule has 122 valence electrons. The first-order chi connectivity index (χ1) is 10.9. The van der Waals surface area contributed by atoms with Crippen LogP contribution in [0.5, 0.6) is 0 Å². The van der Waals surface area contributed by atoms with Gasteiger partial charge in [-0.3, -0.25) is 0 Å². The van der Waals surface area contributed by atoms with E-state index in [1.807, 2.05) is 0 Å². The van der Waals surface area contributed by atoms with E-state index in [1.165, 1.54) is 43.7 Å². The molecule has 0 N–H and O–H groups in total.